The molecule has 1 aliphatic carbocycles. The number of aliphatic hydroxyl groups is 1. The minimum absolute atomic E-state index is 0.0750. The summed E-state index contributed by atoms with van der Waals surface area (Å²) in [4.78, 5) is 0. The average molecular weight is 229 g/mol. The van der Waals surface area contributed by atoms with Gasteiger partial charge in [0.2, 0.25) is 0 Å². The maximum absolute atomic E-state index is 9.13. The fourth-order valence-electron chi connectivity index (χ4n) is 2.03. The van der Waals surface area contributed by atoms with E-state index in [-0.39, 0.29) is 6.61 Å². The van der Waals surface area contributed by atoms with Crippen molar-refractivity contribution in [1.29, 1.82) is 0 Å². The zero-order chi connectivity index (χ0) is 11.9. The number of aliphatic hydroxyl groups excluding tert-OH is 1. The first-order valence-corrected chi connectivity index (χ1v) is 6.67. The van der Waals surface area contributed by atoms with Crippen molar-refractivity contribution in [3.63, 3.8) is 0 Å². The van der Waals surface area contributed by atoms with E-state index in [1.165, 1.54) is 25.7 Å². The van der Waals surface area contributed by atoms with Gasteiger partial charge in [0.15, 0.2) is 0 Å². The van der Waals surface area contributed by atoms with E-state index in [1.54, 1.807) is 0 Å². The van der Waals surface area contributed by atoms with E-state index in [1.807, 2.05) is 6.92 Å². The average Bonchev–Trinajstić information content (AvgIpc) is 2.25. The molecule has 96 valence electrons. The minimum Gasteiger partial charge on any atom is -0.394 e. The molecule has 0 aromatic heterocycles. The van der Waals surface area contributed by atoms with E-state index in [0.29, 0.717) is 0 Å². The topological polar surface area (TPSA) is 55.5 Å². The maximum atomic E-state index is 9.13. The van der Waals surface area contributed by atoms with Gasteiger partial charge in [0.05, 0.1) is 6.61 Å². The van der Waals surface area contributed by atoms with Crippen molar-refractivity contribution < 1.29 is 9.84 Å². The van der Waals surface area contributed by atoms with E-state index in [4.69, 9.17) is 15.6 Å². The van der Waals surface area contributed by atoms with E-state index in [0.717, 1.165) is 38.4 Å². The van der Waals surface area contributed by atoms with Crippen LogP contribution in [0.5, 0.6) is 0 Å². The molecule has 1 atom stereocenters. The lowest BCUT2D eigenvalue weighted by atomic mass is 9.83. The summed E-state index contributed by atoms with van der Waals surface area (Å²) in [6.07, 6.45) is 8.06. The van der Waals surface area contributed by atoms with Gasteiger partial charge in [-0.05, 0) is 31.6 Å². The number of ether oxygens (including phenoxy) is 1. The van der Waals surface area contributed by atoms with Crippen molar-refractivity contribution in [2.24, 2.45) is 11.7 Å². The summed E-state index contributed by atoms with van der Waals surface area (Å²) in [5, 5.41) is 9.13. The van der Waals surface area contributed by atoms with Crippen LogP contribution in [0, 0.1) is 5.92 Å². The van der Waals surface area contributed by atoms with Crippen LogP contribution in [0.2, 0.25) is 0 Å². The summed E-state index contributed by atoms with van der Waals surface area (Å²) in [6.45, 7) is 3.78. The molecule has 3 N–H and O–H groups in total. The molecule has 0 radical (unpaired) electrons. The Hall–Kier alpha value is -0.120. The number of nitrogens with two attached hydrogens (primary N) is 1. The lowest BCUT2D eigenvalue weighted by Gasteiger charge is -2.26. The quantitative estimate of drug-likeness (QED) is 0.595. The smallest absolute Gasteiger partial charge is 0.0611 e. The molecule has 16 heavy (non-hydrogen) atoms. The van der Waals surface area contributed by atoms with Gasteiger partial charge >= 0.3 is 0 Å². The standard InChI is InChI=1S/C13H27NO2/c1-2-13(14,11-15)8-4-9-16-10-7-12-5-3-6-12/h12,15H,2-11,14H2,1H3. The molecule has 3 heteroatoms. The third kappa shape index (κ3) is 4.81. The lowest BCUT2D eigenvalue weighted by molar-refractivity contribution is 0.0940. The molecule has 0 amide bonds. The zero-order valence-electron chi connectivity index (χ0n) is 10.6. The third-order valence-corrected chi connectivity index (χ3v) is 3.88. The minimum atomic E-state index is -0.392. The largest absolute Gasteiger partial charge is 0.394 e. The summed E-state index contributed by atoms with van der Waals surface area (Å²) < 4.78 is 5.59. The predicted octanol–water partition coefficient (Wildman–Crippen LogP) is 2.07. The summed E-state index contributed by atoms with van der Waals surface area (Å²) in [5.41, 5.74) is 5.59. The predicted molar refractivity (Wildman–Crippen MR) is 66.3 cm³/mol. The molecule has 0 saturated heterocycles. The molecule has 3 nitrogen and oxygen atoms in total. The molecule has 0 aromatic carbocycles. The SMILES string of the molecule is CCC(N)(CO)CCCOCCC1CCC1. The van der Waals surface area contributed by atoms with Crippen LogP contribution in [0.15, 0.2) is 0 Å². The molecule has 1 saturated carbocycles. The molecule has 1 rings (SSSR count). The van der Waals surface area contributed by atoms with Crippen molar-refractivity contribution in [1.82, 2.24) is 0 Å². The molecule has 0 aliphatic heterocycles. The zero-order valence-corrected chi connectivity index (χ0v) is 10.6. The van der Waals surface area contributed by atoms with Crippen molar-refractivity contribution in [2.45, 2.75) is 57.4 Å². The maximum Gasteiger partial charge on any atom is 0.0611 e. The van der Waals surface area contributed by atoms with Gasteiger partial charge in [0.25, 0.3) is 0 Å². The van der Waals surface area contributed by atoms with Gasteiger partial charge in [-0.3, -0.25) is 0 Å². The van der Waals surface area contributed by atoms with E-state index in [9.17, 15) is 0 Å². The highest BCUT2D eigenvalue weighted by atomic mass is 16.5. The molecule has 1 aliphatic rings. The number of hydrogen-bond acceptors (Lipinski definition) is 3. The lowest BCUT2D eigenvalue weighted by Crippen LogP contribution is -2.43. The second-order valence-electron chi connectivity index (χ2n) is 5.18. The van der Waals surface area contributed by atoms with Gasteiger partial charge in [-0.2, -0.15) is 0 Å². The van der Waals surface area contributed by atoms with Crippen LogP contribution in [0.3, 0.4) is 0 Å². The second kappa shape index (κ2) is 7.25. The number of hydrogen-bond donors (Lipinski definition) is 2. The van der Waals surface area contributed by atoms with Crippen molar-refractivity contribution >= 4 is 0 Å². The Morgan fingerprint density at radius 2 is 2.12 bits per heavy atom. The first-order valence-electron chi connectivity index (χ1n) is 6.67. The van der Waals surface area contributed by atoms with Crippen molar-refractivity contribution in [3.05, 3.63) is 0 Å². The van der Waals surface area contributed by atoms with Crippen molar-refractivity contribution in [3.8, 4) is 0 Å². The monoisotopic (exact) mass is 229 g/mol. The van der Waals surface area contributed by atoms with Gasteiger partial charge in [-0.15, -0.1) is 0 Å². The Balaban J connectivity index is 1.90. The summed E-state index contributed by atoms with van der Waals surface area (Å²) in [6, 6.07) is 0. The van der Waals surface area contributed by atoms with Crippen LogP contribution in [-0.2, 0) is 4.74 Å². The first-order chi connectivity index (χ1) is 7.70. The first kappa shape index (κ1) is 13.9. The van der Waals surface area contributed by atoms with E-state index < -0.39 is 5.54 Å². The molecule has 0 heterocycles. The Kier molecular flexibility index (Phi) is 6.32. The third-order valence-electron chi connectivity index (χ3n) is 3.88. The fourth-order valence-corrected chi connectivity index (χ4v) is 2.03. The Bertz CT molecular complexity index is 177. The fraction of sp³-hybridized carbons (Fsp3) is 1.00. The Labute approximate surface area is 99.4 Å². The Morgan fingerprint density at radius 1 is 1.38 bits per heavy atom. The molecule has 0 bridgehead atoms. The van der Waals surface area contributed by atoms with Crippen LogP contribution < -0.4 is 5.73 Å². The highest BCUT2D eigenvalue weighted by Gasteiger charge is 2.20. The van der Waals surface area contributed by atoms with Gasteiger partial charge in [0.1, 0.15) is 0 Å². The van der Waals surface area contributed by atoms with Crippen LogP contribution >= 0.6 is 0 Å². The van der Waals surface area contributed by atoms with Gasteiger partial charge in [0, 0.05) is 18.8 Å². The highest BCUT2D eigenvalue weighted by molar-refractivity contribution is 4.81. The molecule has 1 unspecified atom stereocenters. The van der Waals surface area contributed by atoms with E-state index >= 15 is 0 Å². The molecule has 0 spiro atoms. The Morgan fingerprint density at radius 3 is 2.62 bits per heavy atom. The molecule has 1 fully saturated rings. The van der Waals surface area contributed by atoms with Gasteiger partial charge in [-0.25, -0.2) is 0 Å². The second-order valence-corrected chi connectivity index (χ2v) is 5.18. The van der Waals surface area contributed by atoms with Gasteiger partial charge < -0.3 is 15.6 Å². The number of rotatable bonds is 9. The summed E-state index contributed by atoms with van der Waals surface area (Å²) in [7, 11) is 0. The van der Waals surface area contributed by atoms with Crippen LogP contribution in [-0.4, -0.2) is 30.5 Å². The summed E-state index contributed by atoms with van der Waals surface area (Å²) in [5.74, 6) is 0.932. The highest BCUT2D eigenvalue weighted by Crippen LogP contribution is 2.29. The summed E-state index contributed by atoms with van der Waals surface area (Å²) >= 11 is 0. The van der Waals surface area contributed by atoms with Gasteiger partial charge in [-0.1, -0.05) is 26.2 Å². The van der Waals surface area contributed by atoms with E-state index in [2.05, 4.69) is 0 Å². The van der Waals surface area contributed by atoms with Crippen LogP contribution in [0.1, 0.15) is 51.9 Å². The molecule has 0 aromatic rings. The molecular weight excluding hydrogens is 202 g/mol. The van der Waals surface area contributed by atoms with Crippen LogP contribution in [0.25, 0.3) is 0 Å². The normalized spacial score (nSPS) is 20.4. The molecular formula is C13H27NO2. The van der Waals surface area contributed by atoms with Crippen molar-refractivity contribution in [2.75, 3.05) is 19.8 Å². The van der Waals surface area contributed by atoms with Crippen LogP contribution in [0.4, 0.5) is 0 Å².